The summed E-state index contributed by atoms with van der Waals surface area (Å²) >= 11 is 0. The van der Waals surface area contributed by atoms with Crippen molar-refractivity contribution in [3.05, 3.63) is 38.8 Å². The number of fused-ring (bicyclic) bond motifs is 2. The Bertz CT molecular complexity index is 1010. The molecule has 0 saturated carbocycles. The van der Waals surface area contributed by atoms with Crippen LogP contribution in [0.15, 0.2) is 21.4 Å². The number of carbonyl (C=O) groups is 1. The summed E-state index contributed by atoms with van der Waals surface area (Å²) in [6.07, 6.45) is 4.04. The summed E-state index contributed by atoms with van der Waals surface area (Å²) in [5.41, 5.74) is 1.89. The fourth-order valence-electron chi connectivity index (χ4n) is 4.36. The number of allylic oxidation sites excluding steroid dienone is 1. The zero-order valence-corrected chi connectivity index (χ0v) is 19.8. The van der Waals surface area contributed by atoms with Gasteiger partial charge >= 0.3 is 5.97 Å². The summed E-state index contributed by atoms with van der Waals surface area (Å²) in [7, 11) is 0. The van der Waals surface area contributed by atoms with Crippen LogP contribution in [-0.2, 0) is 22.7 Å². The summed E-state index contributed by atoms with van der Waals surface area (Å²) in [5, 5.41) is 10.3. The van der Waals surface area contributed by atoms with Gasteiger partial charge in [-0.1, -0.05) is 40.0 Å². The lowest BCUT2D eigenvalue weighted by molar-refractivity contribution is -0.157. The number of cyclic esters (lactones) is 1. The number of nitrogens with zero attached hydrogens (tertiary/aromatic N) is 2. The number of halogens is 1. The van der Waals surface area contributed by atoms with Gasteiger partial charge < -0.3 is 14.4 Å². The first kappa shape index (κ1) is 24.4. The molecule has 3 heterocycles. The minimum atomic E-state index is -1.48. The van der Waals surface area contributed by atoms with Crippen molar-refractivity contribution in [2.24, 2.45) is 10.9 Å². The molecule has 3 atom stereocenters. The standard InChI is InChI=1S/C25H35FN2O4/c1-6-8-9-10-11-17-13-28-20(21(17)27-16(4)15(3)25(5,26)7-2)12-18-19(23(28)30)14-32-24(31)22(18)29/h12,15,22,29H,6-11,13-14H2,1-5H3/b27-16+/t15-,22-,25-/m0/s1. The number of pyridine rings is 1. The van der Waals surface area contributed by atoms with Crippen LogP contribution in [0.3, 0.4) is 0 Å². The molecule has 176 valence electrons. The Labute approximate surface area is 189 Å². The van der Waals surface area contributed by atoms with E-state index in [1.807, 2.05) is 20.8 Å². The van der Waals surface area contributed by atoms with Crippen LogP contribution < -0.4 is 5.56 Å². The molecule has 32 heavy (non-hydrogen) atoms. The van der Waals surface area contributed by atoms with E-state index < -0.39 is 17.7 Å². The highest BCUT2D eigenvalue weighted by atomic mass is 19.1. The van der Waals surface area contributed by atoms with Crippen molar-refractivity contribution in [2.45, 2.75) is 98.1 Å². The molecule has 0 aromatic carbocycles. The van der Waals surface area contributed by atoms with Crippen LogP contribution in [0.5, 0.6) is 0 Å². The van der Waals surface area contributed by atoms with Crippen LogP contribution in [0.4, 0.5) is 4.39 Å². The number of carbonyl (C=O) groups excluding carboxylic acids is 1. The van der Waals surface area contributed by atoms with E-state index in [-0.39, 0.29) is 23.6 Å². The number of hydrogen-bond donors (Lipinski definition) is 1. The number of aromatic nitrogens is 1. The maximum atomic E-state index is 15.0. The number of aliphatic hydroxyl groups is 1. The highest BCUT2D eigenvalue weighted by molar-refractivity contribution is 5.91. The molecule has 0 aliphatic carbocycles. The Hall–Kier alpha value is -2.28. The SMILES string of the molecule is CCCCCCC1=C(/N=C(\C)[C@H](C)[C@@](C)(F)CC)c2cc3c(c(=O)n2C1)COC(=O)[C@H]3O. The van der Waals surface area contributed by atoms with Crippen LogP contribution >= 0.6 is 0 Å². The number of hydrogen-bond acceptors (Lipinski definition) is 5. The van der Waals surface area contributed by atoms with Gasteiger partial charge in [0, 0.05) is 23.7 Å². The Morgan fingerprint density at radius 3 is 2.72 bits per heavy atom. The lowest BCUT2D eigenvalue weighted by atomic mass is 9.87. The zero-order chi connectivity index (χ0) is 23.6. The maximum Gasteiger partial charge on any atom is 0.340 e. The van der Waals surface area contributed by atoms with Crippen molar-refractivity contribution < 1.29 is 19.0 Å². The molecule has 1 aromatic heterocycles. The monoisotopic (exact) mass is 446 g/mol. The molecule has 1 N–H and O–H groups in total. The molecule has 0 fully saturated rings. The van der Waals surface area contributed by atoms with E-state index in [2.05, 4.69) is 6.92 Å². The van der Waals surface area contributed by atoms with E-state index in [0.717, 1.165) is 37.7 Å². The molecule has 6 nitrogen and oxygen atoms in total. The van der Waals surface area contributed by atoms with E-state index in [1.54, 1.807) is 17.6 Å². The lowest BCUT2D eigenvalue weighted by Gasteiger charge is -2.26. The molecule has 3 rings (SSSR count). The number of rotatable bonds is 9. The zero-order valence-electron chi connectivity index (χ0n) is 19.8. The van der Waals surface area contributed by atoms with Crippen molar-refractivity contribution in [2.75, 3.05) is 0 Å². The predicted octanol–water partition coefficient (Wildman–Crippen LogP) is 4.87. The Morgan fingerprint density at radius 2 is 2.06 bits per heavy atom. The van der Waals surface area contributed by atoms with Crippen LogP contribution in [0.1, 0.15) is 96.1 Å². The summed E-state index contributed by atoms with van der Waals surface area (Å²) < 4.78 is 21.6. The van der Waals surface area contributed by atoms with Gasteiger partial charge in [0.2, 0.25) is 0 Å². The Balaban J connectivity index is 2.08. The molecular weight excluding hydrogens is 411 g/mol. The maximum absolute atomic E-state index is 15.0. The number of esters is 1. The summed E-state index contributed by atoms with van der Waals surface area (Å²) in [5.74, 6) is -1.14. The third-order valence-electron chi connectivity index (χ3n) is 7.08. The van der Waals surface area contributed by atoms with Crippen molar-refractivity contribution in [3.8, 4) is 0 Å². The molecular formula is C25H35FN2O4. The molecule has 1 aromatic rings. The average molecular weight is 447 g/mol. The van der Waals surface area contributed by atoms with E-state index in [0.29, 0.717) is 35.6 Å². The second kappa shape index (κ2) is 9.69. The van der Waals surface area contributed by atoms with Crippen LogP contribution in [0.2, 0.25) is 0 Å². The smallest absolute Gasteiger partial charge is 0.340 e. The second-order valence-electron chi connectivity index (χ2n) is 9.23. The number of unbranched alkanes of at least 4 members (excludes halogenated alkanes) is 3. The first-order valence-corrected chi connectivity index (χ1v) is 11.7. The quantitative estimate of drug-likeness (QED) is 0.333. The van der Waals surface area contributed by atoms with Crippen LogP contribution in [0, 0.1) is 5.92 Å². The molecule has 7 heteroatoms. The molecule has 0 bridgehead atoms. The minimum absolute atomic E-state index is 0.137. The highest BCUT2D eigenvalue weighted by Crippen LogP contribution is 2.36. The second-order valence-corrected chi connectivity index (χ2v) is 9.23. The predicted molar refractivity (Wildman–Crippen MR) is 123 cm³/mol. The first-order valence-electron chi connectivity index (χ1n) is 11.7. The van der Waals surface area contributed by atoms with E-state index in [9.17, 15) is 19.1 Å². The summed E-state index contributed by atoms with van der Waals surface area (Å²) in [6, 6.07) is 1.69. The third-order valence-corrected chi connectivity index (χ3v) is 7.08. The average Bonchev–Trinajstić information content (AvgIpc) is 3.11. The fraction of sp³-hybridized carbons (Fsp3) is 0.640. The number of aliphatic imine (C=N–C) groups is 1. The van der Waals surface area contributed by atoms with Gasteiger partial charge in [0.1, 0.15) is 12.3 Å². The topological polar surface area (TPSA) is 80.9 Å². The Kier molecular flexibility index (Phi) is 7.38. The van der Waals surface area contributed by atoms with Crippen LogP contribution in [-0.4, -0.2) is 27.0 Å². The largest absolute Gasteiger partial charge is 0.458 e. The van der Waals surface area contributed by atoms with Crippen molar-refractivity contribution in [3.63, 3.8) is 0 Å². The molecule has 0 unspecified atom stereocenters. The van der Waals surface area contributed by atoms with Gasteiger partial charge in [0.15, 0.2) is 6.10 Å². The molecule has 0 saturated heterocycles. The van der Waals surface area contributed by atoms with Crippen molar-refractivity contribution in [1.82, 2.24) is 4.57 Å². The van der Waals surface area contributed by atoms with Gasteiger partial charge in [-0.15, -0.1) is 0 Å². The number of aliphatic hydroxyl groups excluding tert-OH is 1. The van der Waals surface area contributed by atoms with E-state index in [4.69, 9.17) is 9.73 Å². The van der Waals surface area contributed by atoms with Gasteiger partial charge in [-0.25, -0.2) is 9.18 Å². The number of alkyl halides is 1. The van der Waals surface area contributed by atoms with Gasteiger partial charge in [0.25, 0.3) is 5.56 Å². The lowest BCUT2D eigenvalue weighted by Crippen LogP contribution is -2.33. The first-order chi connectivity index (χ1) is 15.1. The van der Waals surface area contributed by atoms with Crippen molar-refractivity contribution in [1.29, 1.82) is 0 Å². The molecule has 2 aliphatic heterocycles. The summed E-state index contributed by atoms with van der Waals surface area (Å²) in [6.45, 7) is 9.50. The van der Waals surface area contributed by atoms with Crippen molar-refractivity contribution >= 4 is 17.4 Å². The molecule has 0 radical (unpaired) electrons. The van der Waals surface area contributed by atoms with Gasteiger partial charge in [-0.3, -0.25) is 9.79 Å². The van der Waals surface area contributed by atoms with Crippen LogP contribution in [0.25, 0.3) is 5.70 Å². The van der Waals surface area contributed by atoms with Gasteiger partial charge in [-0.2, -0.15) is 0 Å². The van der Waals surface area contributed by atoms with E-state index >= 15 is 0 Å². The summed E-state index contributed by atoms with van der Waals surface area (Å²) in [4.78, 5) is 29.9. The minimum Gasteiger partial charge on any atom is -0.458 e. The normalized spacial score (nSPS) is 21.2. The van der Waals surface area contributed by atoms with Gasteiger partial charge in [-0.05, 0) is 44.7 Å². The fourth-order valence-corrected chi connectivity index (χ4v) is 4.36. The molecule has 0 amide bonds. The van der Waals surface area contributed by atoms with E-state index in [1.165, 1.54) is 0 Å². The molecule has 2 aliphatic rings. The molecule has 0 spiro atoms. The third kappa shape index (κ3) is 4.58. The Morgan fingerprint density at radius 1 is 1.34 bits per heavy atom. The van der Waals surface area contributed by atoms with Gasteiger partial charge in [0.05, 0.1) is 17.0 Å². The highest BCUT2D eigenvalue weighted by Gasteiger charge is 2.35. The number of ether oxygens (including phenoxy) is 1.